The van der Waals surface area contributed by atoms with Crippen LogP contribution < -0.4 is 24.8 Å². The van der Waals surface area contributed by atoms with E-state index < -0.39 is 0 Å². The molecule has 0 N–H and O–H groups in total. The van der Waals surface area contributed by atoms with E-state index in [1.54, 1.807) is 0 Å². The van der Waals surface area contributed by atoms with Gasteiger partial charge in [-0.15, -0.1) is 0 Å². The molecule has 0 spiro atoms. The maximum Gasteiger partial charge on any atom is 0.00920 e. The van der Waals surface area contributed by atoms with Crippen LogP contribution in [0.1, 0.15) is 214 Å². The van der Waals surface area contributed by atoms with E-state index >= 15 is 0 Å². The molecule has 0 aromatic rings. The Bertz CT molecular complexity index is 1540. The molecule has 0 unspecified atom stereocenters. The van der Waals surface area contributed by atoms with Gasteiger partial charge in [-0.1, -0.05) is 111 Å². The maximum atomic E-state index is 4.76. The zero-order valence-corrected chi connectivity index (χ0v) is 58.9. The molecule has 8 aliphatic heterocycles. The summed E-state index contributed by atoms with van der Waals surface area (Å²) in [6.07, 6.45) is 19.6. The van der Waals surface area contributed by atoms with E-state index in [4.69, 9.17) is 41.2 Å². The van der Waals surface area contributed by atoms with Crippen molar-refractivity contribution in [3.05, 3.63) is 21.3 Å². The standard InChI is InChI=1S/4C15H28N3.2ClH.2W/c4*1-5-14(6-2)9-16-13-17-10-15(7-3,8-4)12-18(13)11-14;;;;/h4*5-12H2,1-4H3;2*1H;;/q4*-1;;;;/p-2. The molecule has 8 rings (SSSR count). The van der Waals surface area contributed by atoms with Crippen molar-refractivity contribution in [2.75, 3.05) is 105 Å². The van der Waals surface area contributed by atoms with Crippen molar-refractivity contribution in [3.8, 4) is 0 Å². The fraction of sp³-hybridized carbons (Fsp3) is 0.933. The zero-order valence-electron chi connectivity index (χ0n) is 51.6. The molecular formula is C60H112Cl2N12W2-6. The van der Waals surface area contributed by atoms with Crippen molar-refractivity contribution in [2.24, 2.45) is 63.3 Å². The van der Waals surface area contributed by atoms with Crippen molar-refractivity contribution in [3.63, 3.8) is 0 Å². The van der Waals surface area contributed by atoms with Crippen molar-refractivity contribution in [1.82, 2.24) is 19.6 Å². The van der Waals surface area contributed by atoms with Gasteiger partial charge in [0.2, 0.25) is 0 Å². The number of guanidine groups is 4. The second-order valence-electron chi connectivity index (χ2n) is 24.8. The van der Waals surface area contributed by atoms with Crippen LogP contribution in [0.3, 0.4) is 0 Å². The molecule has 8 aliphatic rings. The molecule has 444 valence electrons. The van der Waals surface area contributed by atoms with Gasteiger partial charge >= 0.3 is 0 Å². The minimum atomic E-state index is 0. The minimum Gasteiger partial charge on any atom is -1.00 e. The molecule has 0 aliphatic carbocycles. The predicted octanol–water partition coefficient (Wildman–Crippen LogP) is 8.64. The fourth-order valence-corrected chi connectivity index (χ4v) is 12.9. The molecule has 16 heteroatoms. The summed E-state index contributed by atoms with van der Waals surface area (Å²) >= 11 is 0. The van der Waals surface area contributed by atoms with Crippen LogP contribution in [-0.4, -0.2) is 148 Å². The van der Waals surface area contributed by atoms with Gasteiger partial charge in [0.25, 0.3) is 0 Å². The molecule has 0 amide bonds. The Morgan fingerprint density at radius 1 is 0.263 bits per heavy atom. The molecule has 0 saturated carbocycles. The third-order valence-corrected chi connectivity index (χ3v) is 21.8. The number of halogens is 2. The van der Waals surface area contributed by atoms with Crippen LogP contribution in [0.2, 0.25) is 0 Å². The van der Waals surface area contributed by atoms with Crippen LogP contribution in [0.25, 0.3) is 21.3 Å². The van der Waals surface area contributed by atoms with E-state index in [2.05, 4.69) is 130 Å². The van der Waals surface area contributed by atoms with Gasteiger partial charge in [-0.2, -0.15) is 0 Å². The third kappa shape index (κ3) is 16.6. The average Bonchev–Trinajstić information content (AvgIpc) is 3.46. The molecule has 0 aromatic carbocycles. The first-order valence-corrected chi connectivity index (χ1v) is 30.4. The second kappa shape index (κ2) is 32.0. The topological polar surface area (TPSA) is 119 Å². The molecule has 0 atom stereocenters. The van der Waals surface area contributed by atoms with Gasteiger partial charge in [-0.3, -0.25) is 0 Å². The Morgan fingerprint density at radius 2 is 0.395 bits per heavy atom. The molecular weight excluding hydrogens is 1330 g/mol. The van der Waals surface area contributed by atoms with Gasteiger partial charge in [-0.25, -0.2) is 0 Å². The Morgan fingerprint density at radius 3 is 0.526 bits per heavy atom. The fourth-order valence-electron chi connectivity index (χ4n) is 12.9. The van der Waals surface area contributed by atoms with Gasteiger partial charge in [0.1, 0.15) is 0 Å². The third-order valence-electron chi connectivity index (χ3n) is 21.8. The minimum absolute atomic E-state index is 0. The summed E-state index contributed by atoms with van der Waals surface area (Å²) in [6.45, 7) is 53.9. The first-order chi connectivity index (χ1) is 34.5. The quantitative estimate of drug-likeness (QED) is 0.154. The molecule has 76 heavy (non-hydrogen) atoms. The van der Waals surface area contributed by atoms with E-state index in [1.165, 1.54) is 103 Å². The summed E-state index contributed by atoms with van der Waals surface area (Å²) in [4.78, 5) is 28.9. The summed E-state index contributed by atoms with van der Waals surface area (Å²) in [5.74, 6) is 4.13. The first kappa shape index (κ1) is 73.0. The average molecular weight is 1440 g/mol. The van der Waals surface area contributed by atoms with Crippen LogP contribution in [0.5, 0.6) is 0 Å². The number of hydrogen-bond acceptors (Lipinski definition) is 8. The Kier molecular flexibility index (Phi) is 30.8. The van der Waals surface area contributed by atoms with Gasteiger partial charge in [0.05, 0.1) is 0 Å². The molecule has 0 aromatic heterocycles. The molecule has 8 heterocycles. The van der Waals surface area contributed by atoms with Crippen LogP contribution in [0.4, 0.5) is 0 Å². The van der Waals surface area contributed by atoms with E-state index in [9.17, 15) is 0 Å². The SMILES string of the molecule is CCC1(CC)CN=C2[N-]CC(CC)(CC)CN2C1.CCC1(CC)CN=C2[N-]CC(CC)(CC)CN2C1.CCC1(CC)CN=C2[N-]CC(CC)(CC)CN2C1.CCC1(CC)CN=C2[N-]CC(CC)(CC)CN2C1.[Cl-].[Cl-].[W].[W]. The van der Waals surface area contributed by atoms with Crippen LogP contribution in [0.15, 0.2) is 20.0 Å². The normalized spacial score (nSPS) is 23.8. The second-order valence-corrected chi connectivity index (χ2v) is 24.8. The van der Waals surface area contributed by atoms with Crippen molar-refractivity contribution >= 4 is 23.8 Å². The Hall–Kier alpha value is -0.963. The zero-order chi connectivity index (χ0) is 52.9. The number of nitrogens with zero attached hydrogens (tertiary/aromatic N) is 12. The smallest absolute Gasteiger partial charge is 0.00920 e. The Labute approximate surface area is 509 Å². The number of hydrogen-bond donors (Lipinski definition) is 0. The molecule has 0 bridgehead atoms. The van der Waals surface area contributed by atoms with Crippen LogP contribution in [0, 0.1) is 43.3 Å². The van der Waals surface area contributed by atoms with E-state index in [0.717, 1.165) is 129 Å². The number of rotatable bonds is 16. The summed E-state index contributed by atoms with van der Waals surface area (Å²) in [7, 11) is 0. The van der Waals surface area contributed by atoms with Crippen molar-refractivity contribution in [2.45, 2.75) is 214 Å². The largest absolute Gasteiger partial charge is 1.00 e. The molecule has 0 radical (unpaired) electrons. The molecule has 4 saturated heterocycles. The van der Waals surface area contributed by atoms with Gasteiger partial charge in [0.15, 0.2) is 0 Å². The van der Waals surface area contributed by atoms with Crippen LogP contribution in [-0.2, 0) is 42.1 Å². The van der Waals surface area contributed by atoms with E-state index in [1.807, 2.05) is 0 Å². The first-order valence-electron chi connectivity index (χ1n) is 30.4. The number of fused-ring (bicyclic) bond motifs is 4. The number of aliphatic imine (C=N–C) groups is 4. The summed E-state index contributed by atoms with van der Waals surface area (Å²) < 4.78 is 0. The van der Waals surface area contributed by atoms with Gasteiger partial charge in [-0.05, 0) is 251 Å². The maximum absolute atomic E-state index is 4.76. The summed E-state index contributed by atoms with van der Waals surface area (Å²) in [5, 5.41) is 19.0. The summed E-state index contributed by atoms with van der Waals surface area (Å²) in [6, 6.07) is 0. The van der Waals surface area contributed by atoms with Crippen molar-refractivity contribution in [1.29, 1.82) is 0 Å². The Balaban J connectivity index is 0.000000498. The van der Waals surface area contributed by atoms with Gasteiger partial charge < -0.3 is 85.7 Å². The van der Waals surface area contributed by atoms with Gasteiger partial charge in [0, 0.05) is 66.0 Å². The van der Waals surface area contributed by atoms with Crippen LogP contribution >= 0.6 is 0 Å². The monoisotopic (exact) mass is 1440 g/mol. The molecule has 4 fully saturated rings. The van der Waals surface area contributed by atoms with Crippen molar-refractivity contribution < 1.29 is 66.9 Å². The van der Waals surface area contributed by atoms with E-state index in [0.29, 0.717) is 43.3 Å². The predicted molar refractivity (Wildman–Crippen MR) is 313 cm³/mol. The van der Waals surface area contributed by atoms with E-state index in [-0.39, 0.29) is 66.9 Å². The summed E-state index contributed by atoms with van der Waals surface area (Å²) in [5.41, 5.74) is 3.14. The molecule has 12 nitrogen and oxygen atoms in total.